The van der Waals surface area contributed by atoms with Gasteiger partial charge in [0.2, 0.25) is 0 Å². The van der Waals surface area contributed by atoms with Gasteiger partial charge in [0.25, 0.3) is 0 Å². The molecule has 20 heavy (non-hydrogen) atoms. The van der Waals surface area contributed by atoms with Crippen LogP contribution in [0.4, 0.5) is 0 Å². The van der Waals surface area contributed by atoms with Crippen LogP contribution in [-0.4, -0.2) is 18.0 Å². The van der Waals surface area contributed by atoms with Crippen LogP contribution in [-0.2, 0) is 9.59 Å². The fourth-order valence-corrected chi connectivity index (χ4v) is 1.61. The molecule has 0 aliphatic carbocycles. The van der Waals surface area contributed by atoms with Crippen molar-refractivity contribution >= 4 is 18.0 Å². The van der Waals surface area contributed by atoms with Gasteiger partial charge in [-0.15, -0.1) is 0 Å². The van der Waals surface area contributed by atoms with Crippen molar-refractivity contribution in [1.29, 1.82) is 0 Å². The van der Waals surface area contributed by atoms with Gasteiger partial charge in [-0.2, -0.15) is 5.10 Å². The highest BCUT2D eigenvalue weighted by Crippen LogP contribution is 2.18. The van der Waals surface area contributed by atoms with Crippen LogP contribution in [0.25, 0.3) is 11.1 Å². The lowest BCUT2D eigenvalue weighted by atomic mass is 10.0. The average Bonchev–Trinajstić information content (AvgIpc) is 2.48. The van der Waals surface area contributed by atoms with E-state index in [1.165, 1.54) is 6.21 Å². The molecule has 0 heterocycles. The van der Waals surface area contributed by atoms with Crippen molar-refractivity contribution in [3.8, 4) is 11.1 Å². The van der Waals surface area contributed by atoms with Crippen molar-refractivity contribution in [2.75, 3.05) is 0 Å². The third-order valence-corrected chi connectivity index (χ3v) is 2.62. The number of primary amides is 1. The predicted molar refractivity (Wildman–Crippen MR) is 76.8 cm³/mol. The average molecular weight is 267 g/mol. The lowest BCUT2D eigenvalue weighted by molar-refractivity contribution is -0.137. The Labute approximate surface area is 116 Å². The van der Waals surface area contributed by atoms with E-state index >= 15 is 0 Å². The van der Waals surface area contributed by atoms with Crippen LogP contribution in [0.1, 0.15) is 5.56 Å². The molecule has 2 rings (SSSR count). The fraction of sp³-hybridized carbons (Fsp3) is 0. The molecule has 5 nitrogen and oxygen atoms in total. The van der Waals surface area contributed by atoms with E-state index in [2.05, 4.69) is 5.10 Å². The van der Waals surface area contributed by atoms with E-state index in [0.29, 0.717) is 0 Å². The van der Waals surface area contributed by atoms with E-state index < -0.39 is 11.8 Å². The first kappa shape index (κ1) is 13.5. The number of hydrogen-bond donors (Lipinski definition) is 2. The summed E-state index contributed by atoms with van der Waals surface area (Å²) in [6, 6.07) is 17.6. The maximum Gasteiger partial charge on any atom is 0.329 e. The van der Waals surface area contributed by atoms with Gasteiger partial charge in [-0.25, -0.2) is 5.43 Å². The van der Waals surface area contributed by atoms with Crippen molar-refractivity contribution in [2.45, 2.75) is 0 Å². The number of nitrogens with one attached hydrogen (secondary N) is 1. The highest BCUT2D eigenvalue weighted by Gasteiger charge is 2.05. The number of benzene rings is 2. The lowest BCUT2D eigenvalue weighted by Crippen LogP contribution is -2.32. The van der Waals surface area contributed by atoms with Crippen molar-refractivity contribution in [1.82, 2.24) is 5.43 Å². The molecule has 2 amide bonds. The Balaban J connectivity index is 2.04. The van der Waals surface area contributed by atoms with Crippen LogP contribution in [0.5, 0.6) is 0 Å². The summed E-state index contributed by atoms with van der Waals surface area (Å²) in [5.74, 6) is -2.01. The summed E-state index contributed by atoms with van der Waals surface area (Å²) >= 11 is 0. The number of carbonyl (C=O) groups is 2. The van der Waals surface area contributed by atoms with E-state index in [9.17, 15) is 9.59 Å². The minimum atomic E-state index is -1.07. The topological polar surface area (TPSA) is 84.5 Å². The minimum absolute atomic E-state index is 0.800. The van der Waals surface area contributed by atoms with Crippen molar-refractivity contribution < 1.29 is 9.59 Å². The van der Waals surface area contributed by atoms with Crippen molar-refractivity contribution in [3.05, 3.63) is 60.2 Å². The first-order valence-corrected chi connectivity index (χ1v) is 5.95. The molecule has 0 aromatic heterocycles. The number of hydrogen-bond acceptors (Lipinski definition) is 3. The van der Waals surface area contributed by atoms with Crippen LogP contribution in [0.3, 0.4) is 0 Å². The molecule has 2 aromatic carbocycles. The van der Waals surface area contributed by atoms with Gasteiger partial charge in [0.1, 0.15) is 0 Å². The van der Waals surface area contributed by atoms with Crippen molar-refractivity contribution in [2.24, 2.45) is 10.8 Å². The molecular formula is C15H13N3O2. The Morgan fingerprint density at radius 2 is 1.55 bits per heavy atom. The van der Waals surface area contributed by atoms with E-state index in [4.69, 9.17) is 5.73 Å². The quantitative estimate of drug-likeness (QED) is 0.499. The van der Waals surface area contributed by atoms with Gasteiger partial charge in [0, 0.05) is 0 Å². The Bertz CT molecular complexity index is 634. The van der Waals surface area contributed by atoms with Gasteiger partial charge in [0.15, 0.2) is 0 Å². The number of rotatable bonds is 3. The van der Waals surface area contributed by atoms with Crippen LogP contribution in [0.2, 0.25) is 0 Å². The molecule has 0 saturated carbocycles. The Hall–Kier alpha value is -2.95. The van der Waals surface area contributed by atoms with Crippen LogP contribution >= 0.6 is 0 Å². The van der Waals surface area contributed by atoms with Gasteiger partial charge in [0.05, 0.1) is 6.21 Å². The van der Waals surface area contributed by atoms with E-state index in [0.717, 1.165) is 16.7 Å². The van der Waals surface area contributed by atoms with Gasteiger partial charge < -0.3 is 5.73 Å². The lowest BCUT2D eigenvalue weighted by Gasteiger charge is -2.01. The molecule has 3 N–H and O–H groups in total. The first-order chi connectivity index (χ1) is 9.66. The molecule has 0 atom stereocenters. The number of carbonyl (C=O) groups excluding carboxylic acids is 2. The highest BCUT2D eigenvalue weighted by atomic mass is 16.2. The van der Waals surface area contributed by atoms with Gasteiger partial charge >= 0.3 is 11.8 Å². The number of nitrogens with two attached hydrogens (primary N) is 1. The van der Waals surface area contributed by atoms with Crippen LogP contribution in [0, 0.1) is 0 Å². The summed E-state index contributed by atoms with van der Waals surface area (Å²) in [7, 11) is 0. The summed E-state index contributed by atoms with van der Waals surface area (Å²) < 4.78 is 0. The molecule has 0 fully saturated rings. The summed E-state index contributed by atoms with van der Waals surface area (Å²) in [6.07, 6.45) is 1.44. The second kappa shape index (κ2) is 6.29. The molecule has 0 spiro atoms. The minimum Gasteiger partial charge on any atom is -0.361 e. The van der Waals surface area contributed by atoms with Crippen LogP contribution in [0.15, 0.2) is 59.7 Å². The normalized spacial score (nSPS) is 10.4. The summed E-state index contributed by atoms with van der Waals surface area (Å²) in [5, 5.41) is 3.64. The second-order valence-electron chi connectivity index (χ2n) is 4.05. The zero-order valence-electron chi connectivity index (χ0n) is 10.6. The molecule has 0 aliphatic heterocycles. The Morgan fingerprint density at radius 3 is 2.15 bits per heavy atom. The smallest absolute Gasteiger partial charge is 0.329 e. The maximum absolute atomic E-state index is 10.9. The van der Waals surface area contributed by atoms with Gasteiger partial charge in [-0.1, -0.05) is 54.6 Å². The maximum atomic E-state index is 10.9. The molecule has 100 valence electrons. The molecule has 0 radical (unpaired) electrons. The summed E-state index contributed by atoms with van der Waals surface area (Å²) in [6.45, 7) is 0. The van der Waals surface area contributed by atoms with E-state index in [-0.39, 0.29) is 0 Å². The molecule has 0 saturated heterocycles. The number of nitrogens with zero attached hydrogens (tertiary/aromatic N) is 1. The first-order valence-electron chi connectivity index (χ1n) is 5.95. The molecule has 0 aliphatic rings. The Kier molecular flexibility index (Phi) is 4.24. The largest absolute Gasteiger partial charge is 0.361 e. The Morgan fingerprint density at radius 1 is 0.950 bits per heavy atom. The van der Waals surface area contributed by atoms with Crippen LogP contribution < -0.4 is 11.2 Å². The zero-order chi connectivity index (χ0) is 14.4. The van der Waals surface area contributed by atoms with E-state index in [1.807, 2.05) is 60.0 Å². The summed E-state index contributed by atoms with van der Waals surface area (Å²) in [5.41, 5.74) is 9.82. The standard InChI is InChI=1S/C15H13N3O2/c16-14(19)15(20)18-17-10-11-6-8-13(9-7-11)12-4-2-1-3-5-12/h1-10H,(H2,16,19)(H,18,20)/b17-10-. The molecule has 0 bridgehead atoms. The highest BCUT2D eigenvalue weighted by molar-refractivity contribution is 6.34. The fourth-order valence-electron chi connectivity index (χ4n) is 1.61. The predicted octanol–water partition coefficient (Wildman–Crippen LogP) is 1.29. The second-order valence-corrected chi connectivity index (χ2v) is 4.05. The number of hydrazone groups is 1. The molecule has 2 aromatic rings. The third-order valence-electron chi connectivity index (χ3n) is 2.62. The number of amides is 2. The summed E-state index contributed by atoms with van der Waals surface area (Å²) in [4.78, 5) is 21.4. The van der Waals surface area contributed by atoms with Crippen molar-refractivity contribution in [3.63, 3.8) is 0 Å². The van der Waals surface area contributed by atoms with E-state index in [1.54, 1.807) is 0 Å². The zero-order valence-corrected chi connectivity index (χ0v) is 10.6. The third kappa shape index (κ3) is 3.52. The molecular weight excluding hydrogens is 254 g/mol. The molecule has 0 unspecified atom stereocenters. The molecule has 5 heteroatoms. The SMILES string of the molecule is NC(=O)C(=O)N/N=C\c1ccc(-c2ccccc2)cc1. The monoisotopic (exact) mass is 267 g/mol. The van der Waals surface area contributed by atoms with Gasteiger partial charge in [-0.3, -0.25) is 9.59 Å². The van der Waals surface area contributed by atoms with Gasteiger partial charge in [-0.05, 0) is 16.7 Å².